The standard InChI is InChI=1S/C18H23FN2O3/c19-15-5-3-13(4-6-15)12-20-17(22)14-7-9-21(10-8-14)18(23)16-2-1-11-24-16/h3-6,14,16H,1-2,7-12H2,(H,20,22). The van der Waals surface area contributed by atoms with E-state index in [1.807, 2.05) is 4.90 Å². The first kappa shape index (κ1) is 16.9. The number of benzene rings is 1. The van der Waals surface area contributed by atoms with Crippen LogP contribution in [-0.4, -0.2) is 42.5 Å². The summed E-state index contributed by atoms with van der Waals surface area (Å²) in [6, 6.07) is 6.10. The van der Waals surface area contributed by atoms with Crippen LogP contribution in [0.5, 0.6) is 0 Å². The Balaban J connectivity index is 1.43. The van der Waals surface area contributed by atoms with Gasteiger partial charge in [0.2, 0.25) is 5.91 Å². The van der Waals surface area contributed by atoms with E-state index in [-0.39, 0.29) is 29.7 Å². The lowest BCUT2D eigenvalue weighted by Gasteiger charge is -2.32. The van der Waals surface area contributed by atoms with Crippen molar-refractivity contribution in [2.45, 2.75) is 38.3 Å². The third-order valence-corrected chi connectivity index (χ3v) is 4.76. The zero-order valence-electron chi connectivity index (χ0n) is 13.7. The highest BCUT2D eigenvalue weighted by Crippen LogP contribution is 2.21. The van der Waals surface area contributed by atoms with Crippen molar-refractivity contribution < 1.29 is 18.7 Å². The molecule has 6 heteroatoms. The van der Waals surface area contributed by atoms with E-state index in [1.54, 1.807) is 12.1 Å². The normalized spacial score (nSPS) is 21.7. The fourth-order valence-corrected chi connectivity index (χ4v) is 3.27. The van der Waals surface area contributed by atoms with Crippen LogP contribution in [0.25, 0.3) is 0 Å². The Hall–Kier alpha value is -1.95. The van der Waals surface area contributed by atoms with Crippen molar-refractivity contribution in [2.75, 3.05) is 19.7 Å². The Morgan fingerprint density at radius 1 is 1.17 bits per heavy atom. The van der Waals surface area contributed by atoms with Crippen LogP contribution in [0.3, 0.4) is 0 Å². The van der Waals surface area contributed by atoms with Gasteiger partial charge in [-0.1, -0.05) is 12.1 Å². The van der Waals surface area contributed by atoms with E-state index in [2.05, 4.69) is 5.32 Å². The van der Waals surface area contributed by atoms with Gasteiger partial charge in [0.25, 0.3) is 5.91 Å². The molecule has 1 N–H and O–H groups in total. The molecular formula is C18H23FN2O3. The topological polar surface area (TPSA) is 58.6 Å². The Bertz CT molecular complexity index is 576. The molecule has 0 saturated carbocycles. The minimum atomic E-state index is -0.284. The molecule has 5 nitrogen and oxygen atoms in total. The van der Waals surface area contributed by atoms with Gasteiger partial charge in [0.15, 0.2) is 0 Å². The van der Waals surface area contributed by atoms with Crippen molar-refractivity contribution in [2.24, 2.45) is 5.92 Å². The van der Waals surface area contributed by atoms with Crippen molar-refractivity contribution in [1.82, 2.24) is 10.2 Å². The number of piperidine rings is 1. The van der Waals surface area contributed by atoms with Gasteiger partial charge in [0, 0.05) is 32.2 Å². The first-order chi connectivity index (χ1) is 11.6. The van der Waals surface area contributed by atoms with Crippen LogP contribution in [0.2, 0.25) is 0 Å². The number of nitrogens with one attached hydrogen (secondary N) is 1. The molecule has 2 fully saturated rings. The maximum Gasteiger partial charge on any atom is 0.251 e. The Morgan fingerprint density at radius 2 is 1.88 bits per heavy atom. The molecule has 2 aliphatic rings. The van der Waals surface area contributed by atoms with Crippen LogP contribution in [0.1, 0.15) is 31.2 Å². The number of nitrogens with zero attached hydrogens (tertiary/aromatic N) is 1. The Labute approximate surface area is 141 Å². The predicted molar refractivity (Wildman–Crippen MR) is 86.5 cm³/mol. The SMILES string of the molecule is O=C(NCc1ccc(F)cc1)C1CCN(C(=O)C2CCCO2)CC1. The summed E-state index contributed by atoms with van der Waals surface area (Å²) < 4.78 is 18.3. The molecule has 3 rings (SSSR count). The van der Waals surface area contributed by atoms with Gasteiger partial charge in [-0.2, -0.15) is 0 Å². The number of halogens is 1. The zero-order valence-corrected chi connectivity index (χ0v) is 13.7. The molecule has 130 valence electrons. The minimum absolute atomic E-state index is 0.00328. The first-order valence-corrected chi connectivity index (χ1v) is 8.56. The van der Waals surface area contributed by atoms with Crippen molar-refractivity contribution in [3.63, 3.8) is 0 Å². The summed E-state index contributed by atoms with van der Waals surface area (Å²) in [5.41, 5.74) is 0.871. The quantitative estimate of drug-likeness (QED) is 0.914. The van der Waals surface area contributed by atoms with E-state index >= 15 is 0 Å². The average Bonchev–Trinajstić information content (AvgIpc) is 3.15. The van der Waals surface area contributed by atoms with Gasteiger partial charge in [-0.25, -0.2) is 4.39 Å². The summed E-state index contributed by atoms with van der Waals surface area (Å²) in [7, 11) is 0. The molecule has 2 amide bonds. The summed E-state index contributed by atoms with van der Waals surface area (Å²) in [4.78, 5) is 26.4. The molecule has 1 unspecified atom stereocenters. The largest absolute Gasteiger partial charge is 0.368 e. The van der Waals surface area contributed by atoms with Gasteiger partial charge in [-0.3, -0.25) is 9.59 Å². The van der Waals surface area contributed by atoms with Gasteiger partial charge in [0.05, 0.1) is 0 Å². The summed E-state index contributed by atoms with van der Waals surface area (Å²) in [5, 5.41) is 2.90. The molecule has 0 bridgehead atoms. The van der Waals surface area contributed by atoms with E-state index in [0.29, 0.717) is 39.1 Å². The summed E-state index contributed by atoms with van der Waals surface area (Å²) in [5.74, 6) is -0.284. The maximum absolute atomic E-state index is 12.9. The van der Waals surface area contributed by atoms with Gasteiger partial charge in [0.1, 0.15) is 11.9 Å². The fraction of sp³-hybridized carbons (Fsp3) is 0.556. The van der Waals surface area contributed by atoms with Crippen molar-refractivity contribution in [3.8, 4) is 0 Å². The molecular weight excluding hydrogens is 311 g/mol. The smallest absolute Gasteiger partial charge is 0.251 e. The maximum atomic E-state index is 12.9. The highest BCUT2D eigenvalue weighted by Gasteiger charge is 2.32. The van der Waals surface area contributed by atoms with Crippen LogP contribution in [0.15, 0.2) is 24.3 Å². The Kier molecular flexibility index (Phi) is 5.45. The molecule has 0 radical (unpaired) electrons. The van der Waals surface area contributed by atoms with Crippen molar-refractivity contribution in [1.29, 1.82) is 0 Å². The monoisotopic (exact) mass is 334 g/mol. The summed E-state index contributed by atoms with van der Waals surface area (Å²) >= 11 is 0. The molecule has 2 heterocycles. The lowest BCUT2D eigenvalue weighted by Crippen LogP contribution is -2.46. The third kappa shape index (κ3) is 4.12. The molecule has 2 saturated heterocycles. The van der Waals surface area contributed by atoms with Crippen molar-refractivity contribution >= 4 is 11.8 Å². The van der Waals surface area contributed by atoms with E-state index in [4.69, 9.17) is 4.74 Å². The number of rotatable bonds is 4. The van der Waals surface area contributed by atoms with Crippen LogP contribution < -0.4 is 5.32 Å². The zero-order chi connectivity index (χ0) is 16.9. The lowest BCUT2D eigenvalue weighted by atomic mass is 9.95. The van der Waals surface area contributed by atoms with E-state index < -0.39 is 0 Å². The molecule has 24 heavy (non-hydrogen) atoms. The number of carbonyl (C=O) groups is 2. The summed E-state index contributed by atoms with van der Waals surface area (Å²) in [6.45, 7) is 2.27. The van der Waals surface area contributed by atoms with Gasteiger partial charge >= 0.3 is 0 Å². The number of hydrogen-bond acceptors (Lipinski definition) is 3. The molecule has 1 aromatic rings. The second kappa shape index (κ2) is 7.75. The Morgan fingerprint density at radius 3 is 2.50 bits per heavy atom. The van der Waals surface area contributed by atoms with Gasteiger partial charge in [-0.15, -0.1) is 0 Å². The van der Waals surface area contributed by atoms with Crippen LogP contribution in [0.4, 0.5) is 4.39 Å². The highest BCUT2D eigenvalue weighted by atomic mass is 19.1. The number of hydrogen-bond donors (Lipinski definition) is 1. The predicted octanol–water partition coefficient (Wildman–Crippen LogP) is 1.86. The minimum Gasteiger partial charge on any atom is -0.368 e. The van der Waals surface area contributed by atoms with E-state index in [9.17, 15) is 14.0 Å². The fourth-order valence-electron chi connectivity index (χ4n) is 3.27. The average molecular weight is 334 g/mol. The van der Waals surface area contributed by atoms with E-state index in [0.717, 1.165) is 18.4 Å². The second-order valence-electron chi connectivity index (χ2n) is 6.45. The highest BCUT2D eigenvalue weighted by molar-refractivity contribution is 5.82. The molecule has 0 spiro atoms. The second-order valence-corrected chi connectivity index (χ2v) is 6.45. The van der Waals surface area contributed by atoms with Crippen LogP contribution in [-0.2, 0) is 20.9 Å². The van der Waals surface area contributed by atoms with Crippen LogP contribution in [0, 0.1) is 11.7 Å². The lowest BCUT2D eigenvalue weighted by molar-refractivity contribution is -0.143. The molecule has 1 atom stereocenters. The third-order valence-electron chi connectivity index (χ3n) is 4.76. The van der Waals surface area contributed by atoms with Crippen LogP contribution >= 0.6 is 0 Å². The summed E-state index contributed by atoms with van der Waals surface area (Å²) in [6.07, 6.45) is 2.81. The molecule has 2 aliphatic heterocycles. The number of ether oxygens (including phenoxy) is 1. The van der Waals surface area contributed by atoms with E-state index in [1.165, 1.54) is 12.1 Å². The number of amides is 2. The molecule has 1 aromatic carbocycles. The number of carbonyl (C=O) groups excluding carboxylic acids is 2. The van der Waals surface area contributed by atoms with Gasteiger partial charge in [-0.05, 0) is 43.4 Å². The number of likely N-dealkylation sites (tertiary alicyclic amines) is 1. The molecule has 0 aliphatic carbocycles. The van der Waals surface area contributed by atoms with Crippen molar-refractivity contribution in [3.05, 3.63) is 35.6 Å². The first-order valence-electron chi connectivity index (χ1n) is 8.56. The van der Waals surface area contributed by atoms with Gasteiger partial charge < -0.3 is 15.0 Å². The molecule has 0 aromatic heterocycles.